The normalized spacial score (nSPS) is 14.3. The zero-order chi connectivity index (χ0) is 43.3. The van der Waals surface area contributed by atoms with Crippen molar-refractivity contribution in [1.29, 1.82) is 0 Å². The fourth-order valence-electron chi connectivity index (χ4n) is 7.53. The van der Waals surface area contributed by atoms with Gasteiger partial charge in [-0.15, -0.1) is 0 Å². The number of carboxylic acid groups (broad SMARTS) is 1. The lowest BCUT2D eigenvalue weighted by atomic mass is 9.92. The predicted octanol–water partition coefficient (Wildman–Crippen LogP) is 4.67. The topological polar surface area (TPSA) is 231 Å². The standard InChI is InChI=1S/C22H25N5O3.C12H12N2O3.C10H15N3O.CH4/c1-26-14-11-23-21(26)20(29)15-9-12-27(13-10-15)19(28)8-4-7-18-24-17-6-3-2-5-16(17)22(30)25-18;15-11(16)7-3-6-10-13-9-5-2-1-4-8(9)12(17)14-10;1-13-7-6-12-10(13)9(14)8-2-4-11-5-3-8;/h2-3,5-6,11,14-15H,4,7-10,12-13H2,1H3,(H,24,25,30);1-2,4-5H,3,6-7H2,(H,15,16)(H,13,14,17);6-8,11H,2-5H2,1H3;1H4. The molecule has 2 aromatic carbocycles. The van der Waals surface area contributed by atoms with Gasteiger partial charge in [-0.3, -0.25) is 28.8 Å². The highest BCUT2D eigenvalue weighted by Crippen LogP contribution is 2.22. The Balaban J connectivity index is 0.000000192. The summed E-state index contributed by atoms with van der Waals surface area (Å²) in [7, 11) is 3.68. The second-order valence-electron chi connectivity index (χ2n) is 15.3. The van der Waals surface area contributed by atoms with Crippen LogP contribution < -0.4 is 16.4 Å². The van der Waals surface area contributed by atoms with E-state index in [2.05, 4.69) is 35.2 Å². The van der Waals surface area contributed by atoms with Crippen molar-refractivity contribution in [1.82, 2.24) is 49.3 Å². The number of aromatic amines is 2. The lowest BCUT2D eigenvalue weighted by Crippen LogP contribution is -2.40. The summed E-state index contributed by atoms with van der Waals surface area (Å²) in [4.78, 5) is 95.6. The Hall–Kier alpha value is -6.62. The predicted molar refractivity (Wildman–Crippen MR) is 235 cm³/mol. The molecule has 0 saturated carbocycles. The minimum atomic E-state index is -0.840. The number of aliphatic carboxylic acids is 1. The van der Waals surface area contributed by atoms with Crippen LogP contribution >= 0.6 is 0 Å². The molecule has 17 nitrogen and oxygen atoms in total. The molecule has 4 aromatic heterocycles. The Morgan fingerprint density at radius 1 is 0.677 bits per heavy atom. The summed E-state index contributed by atoms with van der Waals surface area (Å²) < 4.78 is 3.54. The molecule has 2 aliphatic heterocycles. The molecule has 1 amide bonds. The van der Waals surface area contributed by atoms with Gasteiger partial charge in [0, 0.05) is 89.5 Å². The minimum Gasteiger partial charge on any atom is -0.481 e. The average Bonchev–Trinajstić information content (AvgIpc) is 3.91. The van der Waals surface area contributed by atoms with E-state index in [9.17, 15) is 28.8 Å². The van der Waals surface area contributed by atoms with Gasteiger partial charge in [0.2, 0.25) is 17.5 Å². The number of para-hydroxylation sites is 2. The number of ketones is 2. The molecule has 6 heterocycles. The molecule has 2 aliphatic rings. The summed E-state index contributed by atoms with van der Waals surface area (Å²) in [5, 5.41) is 12.9. The van der Waals surface area contributed by atoms with Crippen molar-refractivity contribution in [3.05, 3.63) is 117 Å². The highest BCUT2D eigenvalue weighted by atomic mass is 16.4. The van der Waals surface area contributed by atoms with Gasteiger partial charge in [0.15, 0.2) is 11.6 Å². The summed E-state index contributed by atoms with van der Waals surface area (Å²) in [6.45, 7) is 3.07. The first-order valence-electron chi connectivity index (χ1n) is 20.7. The Bertz CT molecular complexity index is 2580. The first-order valence-corrected chi connectivity index (χ1v) is 20.7. The molecule has 0 atom stereocenters. The number of carbonyl (C=O) groups excluding carboxylic acids is 3. The maximum Gasteiger partial charge on any atom is 0.303 e. The number of imidazole rings is 2. The second kappa shape index (κ2) is 22.3. The van der Waals surface area contributed by atoms with Gasteiger partial charge in [-0.1, -0.05) is 31.7 Å². The number of carboxylic acids is 1. The van der Waals surface area contributed by atoms with Gasteiger partial charge in [-0.05, 0) is 75.9 Å². The lowest BCUT2D eigenvalue weighted by molar-refractivity contribution is -0.137. The smallest absolute Gasteiger partial charge is 0.303 e. The van der Waals surface area contributed by atoms with Crippen LogP contribution in [0.25, 0.3) is 21.8 Å². The number of aryl methyl sites for hydroxylation is 4. The molecule has 4 N–H and O–H groups in total. The molecule has 2 saturated heterocycles. The number of fused-ring (bicyclic) bond motifs is 2. The van der Waals surface area contributed by atoms with E-state index in [4.69, 9.17) is 5.11 Å². The van der Waals surface area contributed by atoms with Crippen LogP contribution in [0.1, 0.15) is 91.7 Å². The van der Waals surface area contributed by atoms with Gasteiger partial charge < -0.3 is 34.4 Å². The Morgan fingerprint density at radius 2 is 1.13 bits per heavy atom. The van der Waals surface area contributed by atoms with E-state index in [1.165, 1.54) is 0 Å². The number of piperidine rings is 2. The molecule has 0 bridgehead atoms. The largest absolute Gasteiger partial charge is 0.481 e. The number of hydrogen-bond donors (Lipinski definition) is 4. The monoisotopic (exact) mass is 848 g/mol. The maximum absolute atomic E-state index is 12.6. The molecular formula is C45H56N10O7. The molecule has 17 heteroatoms. The van der Waals surface area contributed by atoms with Crippen LogP contribution in [0.4, 0.5) is 0 Å². The Labute approximate surface area is 359 Å². The van der Waals surface area contributed by atoms with Crippen molar-refractivity contribution >= 4 is 45.2 Å². The van der Waals surface area contributed by atoms with Gasteiger partial charge in [-0.25, -0.2) is 19.9 Å². The third-order valence-electron chi connectivity index (χ3n) is 10.9. The van der Waals surface area contributed by atoms with Gasteiger partial charge in [0.05, 0.1) is 21.8 Å². The van der Waals surface area contributed by atoms with Crippen LogP contribution in [-0.4, -0.2) is 98.7 Å². The van der Waals surface area contributed by atoms with E-state index in [0.717, 1.165) is 25.9 Å². The third-order valence-corrected chi connectivity index (χ3v) is 10.9. The van der Waals surface area contributed by atoms with Gasteiger partial charge in [0.1, 0.15) is 11.6 Å². The zero-order valence-electron chi connectivity index (χ0n) is 34.5. The molecule has 328 valence electrons. The van der Waals surface area contributed by atoms with Crippen LogP contribution in [0.3, 0.4) is 0 Å². The number of carbonyl (C=O) groups is 4. The molecular weight excluding hydrogens is 793 g/mol. The Morgan fingerprint density at radius 3 is 1.58 bits per heavy atom. The van der Waals surface area contributed by atoms with Crippen molar-refractivity contribution in [3.8, 4) is 0 Å². The summed E-state index contributed by atoms with van der Waals surface area (Å²) >= 11 is 0. The van der Waals surface area contributed by atoms with Gasteiger partial charge in [0.25, 0.3) is 11.1 Å². The summed E-state index contributed by atoms with van der Waals surface area (Å²) in [5.74, 6) is 1.79. The molecule has 0 aliphatic carbocycles. The number of Topliss-reactive ketones (excluding diaryl/α,β-unsaturated/α-hetero) is 2. The highest BCUT2D eigenvalue weighted by Gasteiger charge is 2.29. The van der Waals surface area contributed by atoms with E-state index in [0.29, 0.717) is 103 Å². The first kappa shape index (κ1) is 46.4. The highest BCUT2D eigenvalue weighted by molar-refractivity contribution is 5.95. The molecule has 8 rings (SSSR count). The Kier molecular flexibility index (Phi) is 16.7. The summed E-state index contributed by atoms with van der Waals surface area (Å²) in [5.41, 5.74) is 0.978. The quantitative estimate of drug-likeness (QED) is 0.123. The number of rotatable bonds is 12. The van der Waals surface area contributed by atoms with Crippen molar-refractivity contribution in [2.24, 2.45) is 25.9 Å². The van der Waals surface area contributed by atoms with Gasteiger partial charge >= 0.3 is 5.97 Å². The number of nitrogens with one attached hydrogen (secondary N) is 3. The molecule has 62 heavy (non-hydrogen) atoms. The molecule has 0 unspecified atom stereocenters. The van der Waals surface area contributed by atoms with Crippen LogP contribution in [-0.2, 0) is 36.5 Å². The SMILES string of the molecule is C.Cn1ccnc1C(=O)C1CCN(C(=O)CCCc2nc3ccccc3c(=O)[nH]2)CC1.Cn1ccnc1C(=O)C1CCNCC1.O=C(O)CCCc1nc2ccccc2c(=O)[nH]1. The molecule has 6 aromatic rings. The van der Waals surface area contributed by atoms with Crippen LogP contribution in [0.2, 0.25) is 0 Å². The van der Waals surface area contributed by atoms with Crippen molar-refractivity contribution < 1.29 is 24.3 Å². The van der Waals surface area contributed by atoms with Crippen LogP contribution in [0.15, 0.2) is 82.9 Å². The van der Waals surface area contributed by atoms with E-state index in [-0.39, 0.29) is 54.3 Å². The van der Waals surface area contributed by atoms with Crippen molar-refractivity contribution in [2.75, 3.05) is 26.2 Å². The average molecular weight is 849 g/mol. The summed E-state index contributed by atoms with van der Waals surface area (Å²) in [6.07, 6.45) is 12.7. The van der Waals surface area contributed by atoms with Crippen LogP contribution in [0.5, 0.6) is 0 Å². The van der Waals surface area contributed by atoms with E-state index in [1.54, 1.807) is 52.0 Å². The molecule has 2 fully saturated rings. The van der Waals surface area contributed by atoms with E-state index in [1.807, 2.05) is 49.5 Å². The minimum absolute atomic E-state index is 0. The third kappa shape index (κ3) is 12.2. The fraction of sp³-hybridized carbons (Fsp3) is 0.422. The number of likely N-dealkylation sites (tertiary alicyclic amines) is 1. The van der Waals surface area contributed by atoms with Crippen molar-refractivity contribution in [3.63, 3.8) is 0 Å². The number of benzene rings is 2. The maximum atomic E-state index is 12.6. The summed E-state index contributed by atoms with van der Waals surface area (Å²) in [6, 6.07) is 14.3. The second-order valence-corrected chi connectivity index (χ2v) is 15.3. The zero-order valence-corrected chi connectivity index (χ0v) is 34.5. The van der Waals surface area contributed by atoms with Crippen LogP contribution in [0, 0.1) is 11.8 Å². The fourth-order valence-corrected chi connectivity index (χ4v) is 7.53. The van der Waals surface area contributed by atoms with Gasteiger partial charge in [-0.2, -0.15) is 0 Å². The number of hydrogen-bond acceptors (Lipinski definition) is 11. The number of nitrogens with zero attached hydrogens (tertiary/aromatic N) is 7. The van der Waals surface area contributed by atoms with Crippen molar-refractivity contribution in [2.45, 2.75) is 71.6 Å². The molecule has 0 spiro atoms. The number of H-pyrrole nitrogens is 2. The number of aromatic nitrogens is 8. The molecule has 0 radical (unpaired) electrons. The first-order chi connectivity index (χ1) is 29.5. The lowest BCUT2D eigenvalue weighted by Gasteiger charge is -2.31. The van der Waals surface area contributed by atoms with E-state index < -0.39 is 5.97 Å². The van der Waals surface area contributed by atoms with E-state index >= 15 is 0 Å². The number of amides is 1.